The zero-order valence-electron chi connectivity index (χ0n) is 12.1. The fourth-order valence-corrected chi connectivity index (χ4v) is 3.32. The fourth-order valence-electron chi connectivity index (χ4n) is 1.78. The summed E-state index contributed by atoms with van der Waals surface area (Å²) in [6.07, 6.45) is 0.878. The van der Waals surface area contributed by atoms with Crippen LogP contribution in [0.3, 0.4) is 0 Å². The molecule has 0 atom stereocenters. The van der Waals surface area contributed by atoms with Gasteiger partial charge in [0.05, 0.1) is 4.90 Å². The molecular formula is C14H18ClNO4S. The molecule has 5 nitrogen and oxygen atoms in total. The summed E-state index contributed by atoms with van der Waals surface area (Å²) in [5.74, 6) is -0.535. The minimum Gasteiger partial charge on any atom is -0.459 e. The predicted molar refractivity (Wildman–Crippen MR) is 79.6 cm³/mol. The maximum atomic E-state index is 12.3. The molecule has 0 radical (unpaired) electrons. The second-order valence-electron chi connectivity index (χ2n) is 6.14. The molecule has 0 aromatic heterocycles. The normalized spacial score (nSPS) is 17.3. The molecule has 116 valence electrons. The van der Waals surface area contributed by atoms with E-state index in [1.165, 1.54) is 24.3 Å². The van der Waals surface area contributed by atoms with Crippen molar-refractivity contribution in [3.63, 3.8) is 0 Å². The van der Waals surface area contributed by atoms with Gasteiger partial charge in [-0.2, -0.15) is 4.72 Å². The topological polar surface area (TPSA) is 72.5 Å². The summed E-state index contributed by atoms with van der Waals surface area (Å²) in [7, 11) is -3.78. The van der Waals surface area contributed by atoms with Crippen LogP contribution < -0.4 is 4.72 Å². The Morgan fingerprint density at radius 1 is 1.24 bits per heavy atom. The molecule has 1 aromatic carbocycles. The van der Waals surface area contributed by atoms with Crippen molar-refractivity contribution >= 4 is 27.6 Å². The lowest BCUT2D eigenvalue weighted by atomic mass is 10.2. The molecule has 0 aliphatic heterocycles. The van der Waals surface area contributed by atoms with E-state index >= 15 is 0 Å². The van der Waals surface area contributed by atoms with Crippen molar-refractivity contribution in [1.82, 2.24) is 4.72 Å². The Bertz CT molecular complexity index is 643. The molecule has 1 aliphatic carbocycles. The highest BCUT2D eigenvalue weighted by Gasteiger charge is 2.55. The Labute approximate surface area is 129 Å². The number of sulfonamides is 1. The number of hydrogen-bond acceptors (Lipinski definition) is 4. The van der Waals surface area contributed by atoms with Crippen molar-refractivity contribution < 1.29 is 17.9 Å². The predicted octanol–water partition coefficient (Wildman–Crippen LogP) is 2.49. The quantitative estimate of drug-likeness (QED) is 0.860. The molecule has 0 amide bonds. The van der Waals surface area contributed by atoms with Gasteiger partial charge in [0.2, 0.25) is 10.0 Å². The van der Waals surface area contributed by atoms with Gasteiger partial charge in [-0.15, -0.1) is 0 Å². The summed E-state index contributed by atoms with van der Waals surface area (Å²) in [6, 6.07) is 5.78. The third-order valence-electron chi connectivity index (χ3n) is 2.99. The molecule has 0 heterocycles. The van der Waals surface area contributed by atoms with E-state index < -0.39 is 27.1 Å². The average Bonchev–Trinajstić information content (AvgIpc) is 3.07. The van der Waals surface area contributed by atoms with Crippen molar-refractivity contribution in [1.29, 1.82) is 0 Å². The van der Waals surface area contributed by atoms with Crippen LogP contribution in [0.25, 0.3) is 0 Å². The minimum absolute atomic E-state index is 0.0710. The van der Waals surface area contributed by atoms with E-state index in [-0.39, 0.29) is 4.90 Å². The molecule has 2 rings (SSSR count). The van der Waals surface area contributed by atoms with E-state index in [9.17, 15) is 13.2 Å². The third-order valence-corrected chi connectivity index (χ3v) is 4.80. The summed E-state index contributed by atoms with van der Waals surface area (Å²) in [5.41, 5.74) is -1.79. The molecule has 0 spiro atoms. The number of carbonyl (C=O) groups excluding carboxylic acids is 1. The Morgan fingerprint density at radius 3 is 2.19 bits per heavy atom. The number of esters is 1. The van der Waals surface area contributed by atoms with Gasteiger partial charge >= 0.3 is 5.97 Å². The maximum absolute atomic E-state index is 12.3. The second kappa shape index (κ2) is 5.26. The van der Waals surface area contributed by atoms with Crippen molar-refractivity contribution in [3.8, 4) is 0 Å². The maximum Gasteiger partial charge on any atom is 0.327 e. The molecule has 1 saturated carbocycles. The Morgan fingerprint density at radius 2 is 1.76 bits per heavy atom. The van der Waals surface area contributed by atoms with Crippen LogP contribution in [0, 0.1) is 0 Å². The van der Waals surface area contributed by atoms with Crippen molar-refractivity contribution in [2.45, 2.75) is 49.6 Å². The van der Waals surface area contributed by atoms with E-state index in [1.807, 2.05) is 0 Å². The van der Waals surface area contributed by atoms with Crippen LogP contribution in [0.15, 0.2) is 29.2 Å². The van der Waals surface area contributed by atoms with Gasteiger partial charge in [-0.1, -0.05) is 11.6 Å². The highest BCUT2D eigenvalue weighted by atomic mass is 35.5. The largest absolute Gasteiger partial charge is 0.459 e. The minimum atomic E-state index is -3.78. The van der Waals surface area contributed by atoms with Crippen LogP contribution in [0.4, 0.5) is 0 Å². The van der Waals surface area contributed by atoms with Gasteiger partial charge in [0.25, 0.3) is 0 Å². The van der Waals surface area contributed by atoms with E-state index in [4.69, 9.17) is 16.3 Å². The lowest BCUT2D eigenvalue weighted by Gasteiger charge is -2.24. The highest BCUT2D eigenvalue weighted by Crippen LogP contribution is 2.39. The number of nitrogens with one attached hydrogen (secondary N) is 1. The van der Waals surface area contributed by atoms with Crippen molar-refractivity contribution in [2.75, 3.05) is 0 Å². The zero-order valence-corrected chi connectivity index (χ0v) is 13.7. The number of benzene rings is 1. The summed E-state index contributed by atoms with van der Waals surface area (Å²) in [5, 5.41) is 0.447. The van der Waals surface area contributed by atoms with Gasteiger partial charge in [-0.05, 0) is 57.9 Å². The van der Waals surface area contributed by atoms with Gasteiger partial charge in [0, 0.05) is 5.02 Å². The Balaban J connectivity index is 2.17. The summed E-state index contributed by atoms with van der Waals surface area (Å²) < 4.78 is 32.3. The zero-order chi connectivity index (χ0) is 15.9. The van der Waals surface area contributed by atoms with Crippen LogP contribution in [-0.2, 0) is 19.6 Å². The lowest BCUT2D eigenvalue weighted by Crippen LogP contribution is -2.46. The van der Waals surface area contributed by atoms with Crippen LogP contribution in [0.1, 0.15) is 33.6 Å². The third kappa shape index (κ3) is 3.96. The lowest BCUT2D eigenvalue weighted by molar-refractivity contribution is -0.158. The second-order valence-corrected chi connectivity index (χ2v) is 8.26. The molecule has 21 heavy (non-hydrogen) atoms. The summed E-state index contributed by atoms with van der Waals surface area (Å²) in [4.78, 5) is 12.2. The van der Waals surface area contributed by atoms with Crippen molar-refractivity contribution in [3.05, 3.63) is 29.3 Å². The van der Waals surface area contributed by atoms with Gasteiger partial charge in [-0.3, -0.25) is 0 Å². The van der Waals surface area contributed by atoms with E-state index in [2.05, 4.69) is 4.72 Å². The van der Waals surface area contributed by atoms with E-state index in [1.54, 1.807) is 20.8 Å². The number of hydrogen-bond donors (Lipinski definition) is 1. The highest BCUT2D eigenvalue weighted by molar-refractivity contribution is 7.89. The molecular weight excluding hydrogens is 314 g/mol. The standard InChI is InChI=1S/C14H18ClNO4S/c1-13(2,3)20-12(17)14(8-9-14)16-21(18,19)11-6-4-10(15)5-7-11/h4-7,16H,8-9H2,1-3H3. The summed E-state index contributed by atoms with van der Waals surface area (Å²) in [6.45, 7) is 5.23. The number of carbonyl (C=O) groups is 1. The van der Waals surface area contributed by atoms with Crippen LogP contribution in [0.2, 0.25) is 5.02 Å². The molecule has 1 N–H and O–H groups in total. The number of halogens is 1. The molecule has 0 bridgehead atoms. The number of ether oxygens (including phenoxy) is 1. The van der Waals surface area contributed by atoms with Crippen molar-refractivity contribution in [2.24, 2.45) is 0 Å². The summed E-state index contributed by atoms with van der Waals surface area (Å²) >= 11 is 5.74. The van der Waals surface area contributed by atoms with Gasteiger partial charge in [0.15, 0.2) is 0 Å². The van der Waals surface area contributed by atoms with E-state index in [0.29, 0.717) is 17.9 Å². The first-order valence-electron chi connectivity index (χ1n) is 6.57. The van der Waals surface area contributed by atoms with E-state index in [0.717, 1.165) is 0 Å². The van der Waals surface area contributed by atoms with Gasteiger partial charge in [0.1, 0.15) is 11.1 Å². The average molecular weight is 332 g/mol. The first-order chi connectivity index (χ1) is 9.54. The molecule has 1 aromatic rings. The van der Waals surface area contributed by atoms with Crippen LogP contribution in [-0.4, -0.2) is 25.5 Å². The SMILES string of the molecule is CC(C)(C)OC(=O)C1(NS(=O)(=O)c2ccc(Cl)cc2)CC1. The Hall–Kier alpha value is -1.11. The molecule has 7 heteroatoms. The first kappa shape index (κ1) is 16.3. The molecule has 0 saturated heterocycles. The molecule has 1 fully saturated rings. The van der Waals surface area contributed by atoms with Gasteiger partial charge in [-0.25, -0.2) is 13.2 Å². The number of rotatable bonds is 4. The fraction of sp³-hybridized carbons (Fsp3) is 0.500. The first-order valence-corrected chi connectivity index (χ1v) is 8.43. The molecule has 1 aliphatic rings. The van der Waals surface area contributed by atoms with Crippen LogP contribution >= 0.6 is 11.6 Å². The Kier molecular flexibility index (Phi) is 4.08. The van der Waals surface area contributed by atoms with Crippen LogP contribution in [0.5, 0.6) is 0 Å². The monoisotopic (exact) mass is 331 g/mol. The smallest absolute Gasteiger partial charge is 0.327 e. The molecule has 0 unspecified atom stereocenters. The van der Waals surface area contributed by atoms with Gasteiger partial charge < -0.3 is 4.74 Å².